The lowest BCUT2D eigenvalue weighted by Crippen LogP contribution is -2.36. The van der Waals surface area contributed by atoms with E-state index in [1.165, 1.54) is 12.1 Å². The monoisotopic (exact) mass is 393 g/mol. The van der Waals surface area contributed by atoms with E-state index in [1.807, 2.05) is 13.0 Å². The van der Waals surface area contributed by atoms with Gasteiger partial charge in [-0.15, -0.1) is 0 Å². The van der Waals surface area contributed by atoms with Crippen LogP contribution in [-0.4, -0.2) is 30.1 Å². The maximum absolute atomic E-state index is 13.5. The maximum Gasteiger partial charge on any atom is 0.291 e. The number of nitrogens with zero attached hydrogens (tertiary/aromatic N) is 1. The van der Waals surface area contributed by atoms with Crippen molar-refractivity contribution in [2.75, 3.05) is 13.2 Å². The number of hydrogen-bond donors (Lipinski definition) is 0. The molecule has 5 nitrogen and oxygen atoms in total. The summed E-state index contributed by atoms with van der Waals surface area (Å²) in [5.74, 6) is -0.631. The minimum Gasteiger partial charge on any atom is -0.450 e. The van der Waals surface area contributed by atoms with Crippen LogP contribution in [0, 0.1) is 12.7 Å². The first kappa shape index (κ1) is 18.1. The molecule has 3 aromatic rings. The van der Waals surface area contributed by atoms with E-state index in [0.29, 0.717) is 35.2 Å². The highest BCUT2D eigenvalue weighted by Gasteiger charge is 2.43. The van der Waals surface area contributed by atoms with Crippen LogP contribution in [0.2, 0.25) is 0 Å². The van der Waals surface area contributed by atoms with Crippen LogP contribution in [0.25, 0.3) is 11.0 Å². The third kappa shape index (κ3) is 2.95. The molecular weight excluding hydrogens is 373 g/mol. The average molecular weight is 393 g/mol. The zero-order valence-electron chi connectivity index (χ0n) is 16.0. The molecule has 29 heavy (non-hydrogen) atoms. The molecule has 0 bridgehead atoms. The van der Waals surface area contributed by atoms with E-state index < -0.39 is 6.04 Å². The van der Waals surface area contributed by atoms with E-state index in [2.05, 4.69) is 0 Å². The van der Waals surface area contributed by atoms with E-state index in [9.17, 15) is 14.0 Å². The van der Waals surface area contributed by atoms with Crippen molar-refractivity contribution < 1.29 is 18.3 Å². The molecule has 2 atom stereocenters. The molecule has 5 rings (SSSR count). The van der Waals surface area contributed by atoms with Crippen molar-refractivity contribution in [2.24, 2.45) is 0 Å². The smallest absolute Gasteiger partial charge is 0.291 e. The highest BCUT2D eigenvalue weighted by Crippen LogP contribution is 2.39. The van der Waals surface area contributed by atoms with Gasteiger partial charge in [0.1, 0.15) is 11.4 Å². The first-order chi connectivity index (χ1) is 14.0. The summed E-state index contributed by atoms with van der Waals surface area (Å²) in [4.78, 5) is 28.3. The Bertz CT molecular complexity index is 1160. The van der Waals surface area contributed by atoms with Crippen molar-refractivity contribution in [1.29, 1.82) is 0 Å². The molecule has 3 heterocycles. The lowest BCUT2D eigenvalue weighted by Gasteiger charge is -2.27. The van der Waals surface area contributed by atoms with Gasteiger partial charge in [0.25, 0.3) is 5.91 Å². The summed E-state index contributed by atoms with van der Waals surface area (Å²) < 4.78 is 25.2. The van der Waals surface area contributed by atoms with Crippen molar-refractivity contribution in [3.8, 4) is 0 Å². The van der Waals surface area contributed by atoms with E-state index in [0.717, 1.165) is 18.4 Å². The highest BCUT2D eigenvalue weighted by atomic mass is 19.1. The van der Waals surface area contributed by atoms with Gasteiger partial charge in [0.2, 0.25) is 5.76 Å². The quantitative estimate of drug-likeness (QED) is 0.676. The number of amides is 1. The molecular formula is C23H20FNO4. The molecule has 2 aromatic carbocycles. The fourth-order valence-corrected chi connectivity index (χ4v) is 4.32. The van der Waals surface area contributed by atoms with E-state index in [-0.39, 0.29) is 29.0 Å². The molecule has 1 saturated heterocycles. The maximum atomic E-state index is 13.5. The number of ether oxygens (including phenoxy) is 1. The number of carbonyl (C=O) groups excluding carboxylic acids is 1. The molecule has 2 aliphatic rings. The lowest BCUT2D eigenvalue weighted by atomic mass is 9.98. The summed E-state index contributed by atoms with van der Waals surface area (Å²) in [6, 6.07) is 10.6. The topological polar surface area (TPSA) is 59.8 Å². The minimum absolute atomic E-state index is 0.0682. The number of benzene rings is 2. The van der Waals surface area contributed by atoms with Crippen molar-refractivity contribution in [2.45, 2.75) is 31.9 Å². The SMILES string of the molecule is Cc1ccc2oc3c(c(=O)c2c1)[C@@H](c1ccc(F)cc1)N(C[C@H]1CCCO1)C3=O. The predicted octanol–water partition coefficient (Wildman–Crippen LogP) is 3.96. The minimum atomic E-state index is -0.622. The van der Waals surface area contributed by atoms with Gasteiger partial charge in [0, 0.05) is 13.2 Å². The second-order valence-corrected chi connectivity index (χ2v) is 7.72. The summed E-state index contributed by atoms with van der Waals surface area (Å²) in [6.07, 6.45) is 1.72. The second-order valence-electron chi connectivity index (χ2n) is 7.72. The van der Waals surface area contributed by atoms with E-state index in [1.54, 1.807) is 29.2 Å². The van der Waals surface area contributed by atoms with E-state index in [4.69, 9.17) is 9.15 Å². The Hall–Kier alpha value is -2.99. The third-order valence-electron chi connectivity index (χ3n) is 5.73. The third-order valence-corrected chi connectivity index (χ3v) is 5.73. The molecule has 2 aliphatic heterocycles. The van der Waals surface area contributed by atoms with E-state index >= 15 is 0 Å². The second kappa shape index (κ2) is 6.81. The highest BCUT2D eigenvalue weighted by molar-refractivity contribution is 5.99. The molecule has 0 N–H and O–H groups in total. The molecule has 0 radical (unpaired) electrons. The molecule has 0 unspecified atom stereocenters. The Morgan fingerprint density at radius 1 is 1.14 bits per heavy atom. The van der Waals surface area contributed by atoms with Gasteiger partial charge in [0.15, 0.2) is 5.43 Å². The average Bonchev–Trinajstić information content (AvgIpc) is 3.32. The van der Waals surface area contributed by atoms with Crippen LogP contribution in [-0.2, 0) is 4.74 Å². The van der Waals surface area contributed by atoms with Gasteiger partial charge in [0.05, 0.1) is 23.1 Å². The molecule has 148 valence electrons. The van der Waals surface area contributed by atoms with Crippen molar-refractivity contribution in [3.05, 3.63) is 81.0 Å². The Kier molecular flexibility index (Phi) is 4.24. The summed E-state index contributed by atoms with van der Waals surface area (Å²) >= 11 is 0. The Morgan fingerprint density at radius 2 is 1.93 bits per heavy atom. The fraction of sp³-hybridized carbons (Fsp3) is 0.304. The molecule has 0 spiro atoms. The lowest BCUT2D eigenvalue weighted by molar-refractivity contribution is 0.0486. The number of rotatable bonds is 3. The number of halogens is 1. The van der Waals surface area contributed by atoms with Gasteiger partial charge >= 0.3 is 0 Å². The van der Waals surface area contributed by atoms with Gasteiger partial charge < -0.3 is 14.1 Å². The zero-order valence-corrected chi connectivity index (χ0v) is 16.0. The largest absolute Gasteiger partial charge is 0.450 e. The number of hydrogen-bond acceptors (Lipinski definition) is 4. The molecule has 6 heteroatoms. The van der Waals surface area contributed by atoms with Crippen LogP contribution < -0.4 is 5.43 Å². The predicted molar refractivity (Wildman–Crippen MR) is 105 cm³/mol. The van der Waals surface area contributed by atoms with Crippen molar-refractivity contribution >= 4 is 16.9 Å². The first-order valence-electron chi connectivity index (χ1n) is 9.78. The normalized spacial score (nSPS) is 21.2. The fourth-order valence-electron chi connectivity index (χ4n) is 4.32. The van der Waals surface area contributed by atoms with Crippen LogP contribution in [0.1, 0.15) is 46.1 Å². The van der Waals surface area contributed by atoms with Gasteiger partial charge in [-0.25, -0.2) is 4.39 Å². The molecule has 0 aliphatic carbocycles. The first-order valence-corrected chi connectivity index (χ1v) is 9.78. The van der Waals surface area contributed by atoms with Crippen LogP contribution >= 0.6 is 0 Å². The van der Waals surface area contributed by atoms with Gasteiger partial charge in [-0.3, -0.25) is 9.59 Å². The number of carbonyl (C=O) groups is 1. The number of aryl methyl sites for hydroxylation is 1. The molecule has 1 fully saturated rings. The Labute approximate surface area is 166 Å². The van der Waals surface area contributed by atoms with Gasteiger partial charge in [-0.05, 0) is 49.6 Å². The molecule has 1 aromatic heterocycles. The van der Waals surface area contributed by atoms with Crippen LogP contribution in [0.15, 0.2) is 51.7 Å². The van der Waals surface area contributed by atoms with Crippen LogP contribution in [0.3, 0.4) is 0 Å². The summed E-state index contributed by atoms with van der Waals surface area (Å²) in [6.45, 7) is 2.93. The molecule has 0 saturated carbocycles. The summed E-state index contributed by atoms with van der Waals surface area (Å²) in [5, 5.41) is 0.447. The van der Waals surface area contributed by atoms with Gasteiger partial charge in [-0.2, -0.15) is 0 Å². The van der Waals surface area contributed by atoms with Crippen LogP contribution in [0.5, 0.6) is 0 Å². The van der Waals surface area contributed by atoms with Crippen molar-refractivity contribution in [3.63, 3.8) is 0 Å². The Morgan fingerprint density at radius 3 is 2.66 bits per heavy atom. The summed E-state index contributed by atoms with van der Waals surface area (Å²) in [5.41, 5.74) is 2.10. The Balaban J connectivity index is 1.71. The van der Waals surface area contributed by atoms with Crippen molar-refractivity contribution in [1.82, 2.24) is 4.90 Å². The standard InChI is InChI=1S/C23H20FNO4/c1-13-4-9-18-17(11-13)21(26)19-20(14-5-7-15(24)8-6-14)25(23(27)22(19)29-18)12-16-3-2-10-28-16/h4-9,11,16,20H,2-3,10,12H2,1H3/t16-,20-/m1/s1. The molecule has 1 amide bonds. The van der Waals surface area contributed by atoms with Gasteiger partial charge in [-0.1, -0.05) is 23.8 Å². The number of fused-ring (bicyclic) bond motifs is 2. The van der Waals surface area contributed by atoms with Crippen LogP contribution in [0.4, 0.5) is 4.39 Å². The summed E-state index contributed by atoms with van der Waals surface area (Å²) in [7, 11) is 0. The zero-order chi connectivity index (χ0) is 20.1.